The molecule has 0 saturated heterocycles. The van der Waals surface area contributed by atoms with E-state index < -0.39 is 0 Å². The molecule has 0 aliphatic carbocycles. The van der Waals surface area contributed by atoms with Crippen LogP contribution in [-0.4, -0.2) is 58.9 Å². The van der Waals surface area contributed by atoms with Crippen LogP contribution in [0.25, 0.3) is 0 Å². The molecule has 20 heavy (non-hydrogen) atoms. The highest BCUT2D eigenvalue weighted by Gasteiger charge is 2.22. The first-order valence-electron chi connectivity index (χ1n) is 7.91. The van der Waals surface area contributed by atoms with Gasteiger partial charge in [0, 0.05) is 39.3 Å². The summed E-state index contributed by atoms with van der Waals surface area (Å²) in [5.74, 6) is 0. The van der Waals surface area contributed by atoms with Crippen LogP contribution in [0.15, 0.2) is 0 Å². The monoisotopic (exact) mass is 288 g/mol. The minimum Gasteiger partial charge on any atom is -0.329 e. The van der Waals surface area contributed by atoms with E-state index in [4.69, 9.17) is 17.2 Å². The summed E-state index contributed by atoms with van der Waals surface area (Å²) in [5.41, 5.74) is 16.8. The molecule has 0 rings (SSSR count). The fourth-order valence-electron chi connectivity index (χ4n) is 2.23. The molecule has 0 aromatic heterocycles. The van der Waals surface area contributed by atoms with Gasteiger partial charge < -0.3 is 33.2 Å². The van der Waals surface area contributed by atoms with E-state index in [1.54, 1.807) is 0 Å². The standard InChI is InChI=1S/C14H36N6/c1-14(2-8-18-11-5-15,3-9-19-12-6-16)4-10-20-13-7-17/h18-20H,2-13,15-17H2,1H3. The second kappa shape index (κ2) is 13.7. The molecule has 0 spiro atoms. The summed E-state index contributed by atoms with van der Waals surface area (Å²) >= 11 is 0. The average molecular weight is 288 g/mol. The molecule has 0 aliphatic heterocycles. The average Bonchev–Trinajstić information content (AvgIpc) is 2.45. The Morgan fingerprint density at radius 2 is 0.900 bits per heavy atom. The van der Waals surface area contributed by atoms with Gasteiger partial charge in [0.1, 0.15) is 0 Å². The van der Waals surface area contributed by atoms with Crippen LogP contribution in [0.2, 0.25) is 0 Å². The molecule has 0 radical (unpaired) electrons. The molecule has 0 fully saturated rings. The van der Waals surface area contributed by atoms with Crippen molar-refractivity contribution in [1.82, 2.24) is 16.0 Å². The minimum atomic E-state index is 0.338. The van der Waals surface area contributed by atoms with Crippen LogP contribution >= 0.6 is 0 Å². The van der Waals surface area contributed by atoms with E-state index in [1.807, 2.05) is 0 Å². The SMILES string of the molecule is CC(CCNCCN)(CCNCCN)CCNCCN. The highest BCUT2D eigenvalue weighted by Crippen LogP contribution is 2.29. The zero-order valence-corrected chi connectivity index (χ0v) is 13.2. The predicted molar refractivity (Wildman–Crippen MR) is 87.7 cm³/mol. The van der Waals surface area contributed by atoms with Crippen molar-refractivity contribution < 1.29 is 0 Å². The van der Waals surface area contributed by atoms with Gasteiger partial charge in [0.15, 0.2) is 0 Å². The molecule has 0 bridgehead atoms. The molecule has 0 aromatic rings. The second-order valence-corrected chi connectivity index (χ2v) is 5.68. The van der Waals surface area contributed by atoms with E-state index in [9.17, 15) is 0 Å². The summed E-state index contributed by atoms with van der Waals surface area (Å²) < 4.78 is 0. The normalized spacial score (nSPS) is 12.0. The predicted octanol–water partition coefficient (Wildman–Crippen LogP) is -1.19. The summed E-state index contributed by atoms with van der Waals surface area (Å²) in [4.78, 5) is 0. The van der Waals surface area contributed by atoms with Crippen LogP contribution in [0.3, 0.4) is 0 Å². The van der Waals surface area contributed by atoms with Gasteiger partial charge >= 0.3 is 0 Å². The lowest BCUT2D eigenvalue weighted by molar-refractivity contribution is 0.241. The largest absolute Gasteiger partial charge is 0.329 e. The van der Waals surface area contributed by atoms with Gasteiger partial charge in [0.25, 0.3) is 0 Å². The van der Waals surface area contributed by atoms with E-state index in [0.717, 1.165) is 39.3 Å². The third-order valence-electron chi connectivity index (χ3n) is 3.68. The summed E-state index contributed by atoms with van der Waals surface area (Å²) in [6.07, 6.45) is 3.50. The number of nitrogens with two attached hydrogens (primary N) is 3. The Kier molecular flexibility index (Phi) is 13.6. The van der Waals surface area contributed by atoms with Crippen molar-refractivity contribution in [3.63, 3.8) is 0 Å². The topological polar surface area (TPSA) is 114 Å². The first-order valence-corrected chi connectivity index (χ1v) is 7.91. The van der Waals surface area contributed by atoms with E-state index >= 15 is 0 Å². The van der Waals surface area contributed by atoms with Crippen molar-refractivity contribution >= 4 is 0 Å². The highest BCUT2D eigenvalue weighted by molar-refractivity contribution is 4.77. The lowest BCUT2D eigenvalue weighted by Crippen LogP contribution is -2.34. The maximum atomic E-state index is 5.50. The maximum Gasteiger partial charge on any atom is 0.00745 e. The number of hydrogen-bond donors (Lipinski definition) is 6. The Balaban J connectivity index is 3.98. The van der Waals surface area contributed by atoms with Crippen molar-refractivity contribution in [1.29, 1.82) is 0 Å². The summed E-state index contributed by atoms with van der Waals surface area (Å²) in [6, 6.07) is 0. The van der Waals surface area contributed by atoms with Gasteiger partial charge in [-0.2, -0.15) is 0 Å². The second-order valence-electron chi connectivity index (χ2n) is 5.68. The molecule has 0 atom stereocenters. The molecule has 0 unspecified atom stereocenters. The van der Waals surface area contributed by atoms with E-state index in [-0.39, 0.29) is 0 Å². The van der Waals surface area contributed by atoms with E-state index in [0.29, 0.717) is 25.0 Å². The van der Waals surface area contributed by atoms with Crippen molar-refractivity contribution in [3.05, 3.63) is 0 Å². The summed E-state index contributed by atoms with van der Waals surface area (Å²) in [7, 11) is 0. The molecular weight excluding hydrogens is 252 g/mol. The lowest BCUT2D eigenvalue weighted by atomic mass is 9.80. The molecule has 0 saturated carbocycles. The molecule has 0 aliphatic rings. The smallest absolute Gasteiger partial charge is 0.00745 e. The van der Waals surface area contributed by atoms with Gasteiger partial charge in [-0.3, -0.25) is 0 Å². The molecule has 9 N–H and O–H groups in total. The van der Waals surface area contributed by atoms with Crippen molar-refractivity contribution in [3.8, 4) is 0 Å². The molecule has 0 amide bonds. The van der Waals surface area contributed by atoms with Crippen LogP contribution < -0.4 is 33.2 Å². The summed E-state index contributed by atoms with van der Waals surface area (Å²) in [5, 5.41) is 10.2. The van der Waals surface area contributed by atoms with Crippen LogP contribution in [0.5, 0.6) is 0 Å². The molecule has 6 nitrogen and oxygen atoms in total. The van der Waals surface area contributed by atoms with Crippen molar-refractivity contribution in [2.75, 3.05) is 58.9 Å². The zero-order valence-electron chi connectivity index (χ0n) is 13.2. The van der Waals surface area contributed by atoms with Gasteiger partial charge in [-0.1, -0.05) is 6.92 Å². The molecule has 0 aromatic carbocycles. The Morgan fingerprint density at radius 3 is 1.15 bits per heavy atom. The van der Waals surface area contributed by atoms with Gasteiger partial charge in [0.2, 0.25) is 0 Å². The van der Waals surface area contributed by atoms with E-state index in [1.165, 1.54) is 19.3 Å². The van der Waals surface area contributed by atoms with Crippen LogP contribution in [-0.2, 0) is 0 Å². The van der Waals surface area contributed by atoms with Gasteiger partial charge in [0.05, 0.1) is 0 Å². The minimum absolute atomic E-state index is 0.338. The summed E-state index contributed by atoms with van der Waals surface area (Å²) in [6.45, 7) is 10.2. The lowest BCUT2D eigenvalue weighted by Gasteiger charge is -2.30. The van der Waals surface area contributed by atoms with Crippen LogP contribution in [0.1, 0.15) is 26.2 Å². The van der Waals surface area contributed by atoms with Gasteiger partial charge in [-0.05, 0) is 44.3 Å². The Labute approximate surface area is 124 Å². The Hall–Kier alpha value is -0.240. The van der Waals surface area contributed by atoms with Gasteiger partial charge in [-0.25, -0.2) is 0 Å². The van der Waals surface area contributed by atoms with Crippen molar-refractivity contribution in [2.24, 2.45) is 22.6 Å². The molecule has 0 heterocycles. The third-order valence-corrected chi connectivity index (χ3v) is 3.68. The Morgan fingerprint density at radius 1 is 0.600 bits per heavy atom. The highest BCUT2D eigenvalue weighted by atomic mass is 14.9. The maximum absolute atomic E-state index is 5.50. The van der Waals surface area contributed by atoms with Crippen molar-refractivity contribution in [2.45, 2.75) is 26.2 Å². The van der Waals surface area contributed by atoms with Crippen LogP contribution in [0.4, 0.5) is 0 Å². The first kappa shape index (κ1) is 19.8. The fraction of sp³-hybridized carbons (Fsp3) is 1.00. The van der Waals surface area contributed by atoms with Gasteiger partial charge in [-0.15, -0.1) is 0 Å². The Bertz CT molecular complexity index is 169. The molecule has 122 valence electrons. The number of hydrogen-bond acceptors (Lipinski definition) is 6. The quantitative estimate of drug-likeness (QED) is 0.211. The zero-order chi connectivity index (χ0) is 15.1. The first-order chi connectivity index (χ1) is 9.68. The molecule has 6 heteroatoms. The fourth-order valence-corrected chi connectivity index (χ4v) is 2.23. The number of rotatable bonds is 15. The molecular formula is C14H36N6. The third kappa shape index (κ3) is 11.6. The number of nitrogens with one attached hydrogen (secondary N) is 3. The van der Waals surface area contributed by atoms with Crippen LogP contribution in [0, 0.1) is 5.41 Å². The van der Waals surface area contributed by atoms with E-state index in [2.05, 4.69) is 22.9 Å².